The summed E-state index contributed by atoms with van der Waals surface area (Å²) >= 11 is 0. The maximum Gasteiger partial charge on any atom is 0.105 e. The summed E-state index contributed by atoms with van der Waals surface area (Å²) in [6.07, 6.45) is 21.7. The van der Waals surface area contributed by atoms with E-state index in [0.717, 1.165) is 24.1 Å². The molecule has 0 saturated carbocycles. The van der Waals surface area contributed by atoms with Crippen molar-refractivity contribution in [2.45, 2.75) is 136 Å². The number of hydrogen-bond acceptors (Lipinski definition) is 2. The van der Waals surface area contributed by atoms with Gasteiger partial charge in [0.25, 0.3) is 0 Å². The zero-order valence-corrected chi connectivity index (χ0v) is 21.9. The molecular weight excluding hydrogens is 426 g/mol. The van der Waals surface area contributed by atoms with Gasteiger partial charge in [-0.25, -0.2) is 0 Å². The largest absolute Gasteiger partial charge is 1.00 e. The van der Waals surface area contributed by atoms with E-state index in [9.17, 15) is 10.2 Å². The molecule has 2 unspecified atom stereocenters. The van der Waals surface area contributed by atoms with Crippen molar-refractivity contribution in [1.29, 1.82) is 0 Å². The maximum atomic E-state index is 9.74. The second kappa shape index (κ2) is 21.6. The highest BCUT2D eigenvalue weighted by atomic mass is 79.9. The van der Waals surface area contributed by atoms with E-state index in [2.05, 4.69) is 14.0 Å². The van der Waals surface area contributed by atoms with E-state index < -0.39 is 0 Å². The van der Waals surface area contributed by atoms with Crippen molar-refractivity contribution in [3.63, 3.8) is 0 Å². The number of quaternary nitrogens is 1. The molecular formula is C25H54BrNO2. The van der Waals surface area contributed by atoms with Crippen LogP contribution in [0.5, 0.6) is 0 Å². The number of halogens is 1. The summed E-state index contributed by atoms with van der Waals surface area (Å²) in [7, 11) is 2.17. The molecule has 2 N–H and O–H groups in total. The number of nitrogens with zero attached hydrogens (tertiary/aromatic N) is 1. The summed E-state index contributed by atoms with van der Waals surface area (Å²) in [5.74, 6) is 0. The number of aliphatic hydroxyl groups excluding tert-OH is 2. The molecule has 0 heterocycles. The van der Waals surface area contributed by atoms with Gasteiger partial charge in [-0.1, -0.05) is 96.8 Å². The predicted octanol–water partition coefficient (Wildman–Crippen LogP) is 3.46. The smallest absolute Gasteiger partial charge is 0.105 e. The molecule has 0 rings (SSSR count). The molecule has 0 radical (unpaired) electrons. The Kier molecular flexibility index (Phi) is 23.5. The van der Waals surface area contributed by atoms with Crippen LogP contribution in [0.1, 0.15) is 124 Å². The van der Waals surface area contributed by atoms with Crippen LogP contribution in [-0.4, -0.2) is 53.6 Å². The van der Waals surface area contributed by atoms with Crippen LogP contribution >= 0.6 is 0 Å². The molecule has 0 aliphatic carbocycles. The van der Waals surface area contributed by atoms with Crippen molar-refractivity contribution >= 4 is 0 Å². The molecule has 2 atom stereocenters. The van der Waals surface area contributed by atoms with Crippen LogP contribution in [0.3, 0.4) is 0 Å². The van der Waals surface area contributed by atoms with Gasteiger partial charge in [0.2, 0.25) is 0 Å². The molecule has 4 heteroatoms. The molecule has 0 aromatic carbocycles. The Bertz CT molecular complexity index is 314. The van der Waals surface area contributed by atoms with E-state index in [1.807, 2.05) is 13.8 Å². The molecule has 0 amide bonds. The summed E-state index contributed by atoms with van der Waals surface area (Å²) in [5.41, 5.74) is 0. The average Bonchev–Trinajstić information content (AvgIpc) is 2.60. The van der Waals surface area contributed by atoms with Crippen molar-refractivity contribution in [3.8, 4) is 0 Å². The minimum absolute atomic E-state index is 0. The number of rotatable bonds is 21. The lowest BCUT2D eigenvalue weighted by Crippen LogP contribution is -3.00. The minimum atomic E-state index is -0.301. The van der Waals surface area contributed by atoms with Gasteiger partial charge in [-0.3, -0.25) is 0 Å². The Hall–Kier alpha value is 0.360. The zero-order chi connectivity index (χ0) is 21.1. The number of likely N-dealkylation sites (N-methyl/N-ethyl adjacent to an activating group) is 1. The molecule has 178 valence electrons. The Morgan fingerprint density at radius 2 is 0.828 bits per heavy atom. The summed E-state index contributed by atoms with van der Waals surface area (Å²) in [6, 6.07) is 0. The summed E-state index contributed by atoms with van der Waals surface area (Å²) < 4.78 is 0.786. The van der Waals surface area contributed by atoms with Gasteiger partial charge in [-0.05, 0) is 26.7 Å². The standard InChI is InChI=1S/C25H54NO2.BrH/c1-5-6-7-8-9-10-11-12-13-14-15-16-17-18-19-20-21-26(4,22-24(2)27)23-25(3)28;/h24-25,27-28H,5-23H2,1-4H3;1H/q+1;/p-1. The van der Waals surface area contributed by atoms with Crippen molar-refractivity contribution in [3.05, 3.63) is 0 Å². The maximum absolute atomic E-state index is 9.74. The van der Waals surface area contributed by atoms with Crippen molar-refractivity contribution in [2.24, 2.45) is 0 Å². The fourth-order valence-corrected chi connectivity index (χ4v) is 4.57. The molecule has 0 aliphatic rings. The van der Waals surface area contributed by atoms with Gasteiger partial charge in [0.05, 0.1) is 13.6 Å². The first kappa shape index (κ1) is 31.5. The molecule has 0 aromatic heterocycles. The molecule has 0 bridgehead atoms. The van der Waals surface area contributed by atoms with E-state index in [0.29, 0.717) is 0 Å². The highest BCUT2D eigenvalue weighted by molar-refractivity contribution is 4.54. The summed E-state index contributed by atoms with van der Waals surface area (Å²) in [5, 5.41) is 19.5. The van der Waals surface area contributed by atoms with Crippen molar-refractivity contribution in [2.75, 3.05) is 26.7 Å². The molecule has 0 aromatic rings. The van der Waals surface area contributed by atoms with Gasteiger partial charge in [0, 0.05) is 0 Å². The third kappa shape index (κ3) is 22.9. The highest BCUT2D eigenvalue weighted by Crippen LogP contribution is 2.15. The van der Waals surface area contributed by atoms with Gasteiger partial charge in [0.1, 0.15) is 25.3 Å². The Morgan fingerprint density at radius 3 is 1.10 bits per heavy atom. The highest BCUT2D eigenvalue weighted by Gasteiger charge is 2.25. The Morgan fingerprint density at radius 1 is 0.552 bits per heavy atom. The SMILES string of the molecule is CCCCCCCCCCCCCCCCCC[N+](C)(CC(C)O)CC(C)O.[Br-]. The van der Waals surface area contributed by atoms with Crippen LogP contribution in [0, 0.1) is 0 Å². The monoisotopic (exact) mass is 479 g/mol. The van der Waals surface area contributed by atoms with Crippen molar-refractivity contribution < 1.29 is 31.7 Å². The van der Waals surface area contributed by atoms with E-state index in [4.69, 9.17) is 0 Å². The summed E-state index contributed by atoms with van der Waals surface area (Å²) in [4.78, 5) is 0. The zero-order valence-electron chi connectivity index (χ0n) is 20.3. The van der Waals surface area contributed by atoms with Gasteiger partial charge < -0.3 is 31.7 Å². The quantitative estimate of drug-likeness (QED) is 0.195. The Balaban J connectivity index is 0. The second-order valence-electron chi connectivity index (χ2n) is 9.71. The number of aliphatic hydroxyl groups is 2. The van der Waals surface area contributed by atoms with E-state index in [1.165, 1.54) is 103 Å². The molecule has 3 nitrogen and oxygen atoms in total. The fourth-order valence-electron chi connectivity index (χ4n) is 4.57. The lowest BCUT2D eigenvalue weighted by molar-refractivity contribution is -0.915. The first-order valence-corrected chi connectivity index (χ1v) is 12.6. The lowest BCUT2D eigenvalue weighted by Gasteiger charge is -2.36. The number of unbranched alkanes of at least 4 members (excludes halogenated alkanes) is 15. The Labute approximate surface area is 194 Å². The number of hydrogen-bond donors (Lipinski definition) is 2. The van der Waals surface area contributed by atoms with Crippen LogP contribution in [0.2, 0.25) is 0 Å². The lowest BCUT2D eigenvalue weighted by atomic mass is 10.0. The summed E-state index contributed by atoms with van der Waals surface area (Å²) in [6.45, 7) is 8.54. The fraction of sp³-hybridized carbons (Fsp3) is 1.00. The van der Waals surface area contributed by atoms with Crippen LogP contribution in [0.25, 0.3) is 0 Å². The van der Waals surface area contributed by atoms with E-state index >= 15 is 0 Å². The third-order valence-electron chi connectivity index (χ3n) is 5.96. The van der Waals surface area contributed by atoms with Gasteiger partial charge in [-0.2, -0.15) is 0 Å². The topological polar surface area (TPSA) is 40.5 Å². The molecule has 0 aliphatic heterocycles. The average molecular weight is 481 g/mol. The van der Waals surface area contributed by atoms with Crippen LogP contribution < -0.4 is 17.0 Å². The van der Waals surface area contributed by atoms with Gasteiger partial charge in [-0.15, -0.1) is 0 Å². The second-order valence-corrected chi connectivity index (χ2v) is 9.71. The van der Waals surface area contributed by atoms with Gasteiger partial charge in [0.15, 0.2) is 0 Å². The normalized spacial score (nSPS) is 15.5. The van der Waals surface area contributed by atoms with Crippen LogP contribution in [0.15, 0.2) is 0 Å². The van der Waals surface area contributed by atoms with Crippen LogP contribution in [0.4, 0.5) is 0 Å². The van der Waals surface area contributed by atoms with Crippen LogP contribution in [-0.2, 0) is 0 Å². The van der Waals surface area contributed by atoms with E-state index in [1.54, 1.807) is 0 Å². The molecule has 0 spiro atoms. The first-order chi connectivity index (χ1) is 13.4. The van der Waals surface area contributed by atoms with E-state index in [-0.39, 0.29) is 29.2 Å². The molecule has 29 heavy (non-hydrogen) atoms. The molecule has 0 saturated heterocycles. The van der Waals surface area contributed by atoms with Crippen molar-refractivity contribution in [1.82, 2.24) is 0 Å². The predicted molar refractivity (Wildman–Crippen MR) is 124 cm³/mol. The van der Waals surface area contributed by atoms with Gasteiger partial charge >= 0.3 is 0 Å². The first-order valence-electron chi connectivity index (χ1n) is 12.6. The third-order valence-corrected chi connectivity index (χ3v) is 5.96. The molecule has 0 fully saturated rings. The minimum Gasteiger partial charge on any atom is -1.00 e.